The van der Waals surface area contributed by atoms with Crippen molar-refractivity contribution in [3.05, 3.63) is 82.7 Å². The topological polar surface area (TPSA) is 68.0 Å². The van der Waals surface area contributed by atoms with Crippen molar-refractivity contribution in [3.63, 3.8) is 0 Å². The second kappa shape index (κ2) is 7.56. The van der Waals surface area contributed by atoms with E-state index in [1.807, 2.05) is 31.2 Å². The number of hydrogen-bond acceptors (Lipinski definition) is 4. The molecule has 4 rings (SSSR count). The maximum atomic E-state index is 13.9. The summed E-state index contributed by atoms with van der Waals surface area (Å²) < 4.78 is 15.3. The quantitative estimate of drug-likeness (QED) is 0.570. The van der Waals surface area contributed by atoms with Gasteiger partial charge in [-0.25, -0.2) is 14.4 Å². The minimum absolute atomic E-state index is 0.181. The highest BCUT2D eigenvalue weighted by molar-refractivity contribution is 5.93. The highest BCUT2D eigenvalue weighted by atomic mass is 19.1. The molecule has 0 bridgehead atoms. The molecule has 0 aliphatic heterocycles. The Morgan fingerprint density at radius 3 is 2.55 bits per heavy atom. The maximum Gasteiger partial charge on any atom is 0.261 e. The molecule has 146 valence electrons. The number of nitrogens with zero attached hydrogens (tertiary/aromatic N) is 3. The summed E-state index contributed by atoms with van der Waals surface area (Å²) >= 11 is 0. The number of fused-ring (bicyclic) bond motifs is 1. The lowest BCUT2D eigenvalue weighted by Gasteiger charge is -2.14. The molecule has 6 heteroatoms. The molecule has 0 fully saturated rings. The Balaban J connectivity index is 2.05. The molecule has 4 aromatic rings. The summed E-state index contributed by atoms with van der Waals surface area (Å²) in [7, 11) is 0. The molecule has 1 atom stereocenters. The summed E-state index contributed by atoms with van der Waals surface area (Å²) in [6, 6.07) is 15.2. The third-order valence-corrected chi connectivity index (χ3v) is 4.95. The first-order valence-electron chi connectivity index (χ1n) is 9.33. The summed E-state index contributed by atoms with van der Waals surface area (Å²) in [5.41, 5.74) is 3.68. The molecular formula is C23H20FN3O2. The second-order valence-corrected chi connectivity index (χ2v) is 7.12. The van der Waals surface area contributed by atoms with Gasteiger partial charge < -0.3 is 5.11 Å². The van der Waals surface area contributed by atoms with Crippen molar-refractivity contribution in [2.45, 2.75) is 19.9 Å². The Morgan fingerprint density at radius 1 is 1.10 bits per heavy atom. The van der Waals surface area contributed by atoms with Gasteiger partial charge in [-0.2, -0.15) is 0 Å². The highest BCUT2D eigenvalue weighted by Crippen LogP contribution is 2.29. The molecular weight excluding hydrogens is 369 g/mol. The molecule has 0 aliphatic rings. The molecule has 0 amide bonds. The predicted molar refractivity (Wildman–Crippen MR) is 111 cm³/mol. The van der Waals surface area contributed by atoms with Gasteiger partial charge in [0, 0.05) is 11.1 Å². The Bertz CT molecular complexity index is 1250. The van der Waals surface area contributed by atoms with Crippen molar-refractivity contribution >= 4 is 10.9 Å². The number of aromatic nitrogens is 3. The van der Waals surface area contributed by atoms with Gasteiger partial charge in [-0.05, 0) is 32.0 Å². The van der Waals surface area contributed by atoms with Gasteiger partial charge in [0.1, 0.15) is 11.3 Å². The van der Waals surface area contributed by atoms with E-state index in [4.69, 9.17) is 4.98 Å². The summed E-state index contributed by atoms with van der Waals surface area (Å²) in [5, 5.41) is 9.84. The van der Waals surface area contributed by atoms with Crippen LogP contribution < -0.4 is 5.56 Å². The van der Waals surface area contributed by atoms with E-state index in [9.17, 15) is 14.3 Å². The minimum atomic E-state index is -0.409. The largest absolute Gasteiger partial charge is 0.394 e. The molecule has 29 heavy (non-hydrogen) atoms. The van der Waals surface area contributed by atoms with Crippen LogP contribution in [-0.2, 0) is 0 Å². The van der Waals surface area contributed by atoms with Crippen LogP contribution in [0, 0.1) is 12.7 Å². The molecule has 0 saturated carbocycles. The van der Waals surface area contributed by atoms with Crippen LogP contribution in [0.3, 0.4) is 0 Å². The molecule has 0 aliphatic carbocycles. The number of aryl methyl sites for hydroxylation is 1. The molecule has 1 unspecified atom stereocenters. The first-order chi connectivity index (χ1) is 14.0. The Morgan fingerprint density at radius 2 is 1.86 bits per heavy atom. The zero-order valence-corrected chi connectivity index (χ0v) is 16.1. The Kier molecular flexibility index (Phi) is 4.94. The van der Waals surface area contributed by atoms with E-state index in [2.05, 4.69) is 4.98 Å². The molecule has 2 heterocycles. The molecule has 5 nitrogen and oxygen atoms in total. The summed E-state index contributed by atoms with van der Waals surface area (Å²) in [5.74, 6) is -0.388. The van der Waals surface area contributed by atoms with E-state index in [1.54, 1.807) is 25.1 Å². The van der Waals surface area contributed by atoms with Gasteiger partial charge >= 0.3 is 0 Å². The van der Waals surface area contributed by atoms with Crippen molar-refractivity contribution in [1.82, 2.24) is 14.5 Å². The van der Waals surface area contributed by atoms with Crippen LogP contribution in [-0.4, -0.2) is 26.2 Å². The van der Waals surface area contributed by atoms with Gasteiger partial charge in [0.2, 0.25) is 0 Å². The third-order valence-electron chi connectivity index (χ3n) is 4.95. The fraction of sp³-hybridized carbons (Fsp3) is 0.174. The van der Waals surface area contributed by atoms with E-state index in [1.165, 1.54) is 23.0 Å². The standard InChI is InChI=1S/C23H20FN3O2/c1-14-6-8-16(9-7-14)20-11-19-22(25-13-27(23(19)29)15(2)12-28)21(26-20)17-4-3-5-18(24)10-17/h3-11,13,15,28H,12H2,1-2H3. The second-order valence-electron chi connectivity index (χ2n) is 7.12. The highest BCUT2D eigenvalue weighted by Gasteiger charge is 2.16. The first-order valence-corrected chi connectivity index (χ1v) is 9.33. The minimum Gasteiger partial charge on any atom is -0.394 e. The van der Waals surface area contributed by atoms with Crippen LogP contribution in [0.4, 0.5) is 4.39 Å². The fourth-order valence-electron chi connectivity index (χ4n) is 3.25. The average molecular weight is 389 g/mol. The van der Waals surface area contributed by atoms with Gasteiger partial charge in [-0.3, -0.25) is 9.36 Å². The summed E-state index contributed by atoms with van der Waals surface area (Å²) in [4.78, 5) is 22.3. The lowest BCUT2D eigenvalue weighted by atomic mass is 10.0. The van der Waals surface area contributed by atoms with E-state index < -0.39 is 6.04 Å². The van der Waals surface area contributed by atoms with Crippen LogP contribution in [0.15, 0.2) is 65.7 Å². The number of aliphatic hydroxyl groups is 1. The lowest BCUT2D eigenvalue weighted by Crippen LogP contribution is -2.25. The number of halogens is 1. The van der Waals surface area contributed by atoms with E-state index in [0.29, 0.717) is 27.9 Å². The van der Waals surface area contributed by atoms with Crippen molar-refractivity contribution in [3.8, 4) is 22.5 Å². The van der Waals surface area contributed by atoms with Crippen LogP contribution >= 0.6 is 0 Å². The van der Waals surface area contributed by atoms with Gasteiger partial charge in [0.25, 0.3) is 5.56 Å². The Hall–Kier alpha value is -3.38. The monoisotopic (exact) mass is 389 g/mol. The number of aliphatic hydroxyl groups excluding tert-OH is 1. The summed E-state index contributed by atoms with van der Waals surface area (Å²) in [6.07, 6.45) is 1.40. The summed E-state index contributed by atoms with van der Waals surface area (Å²) in [6.45, 7) is 3.55. The Labute approximate surface area is 167 Å². The zero-order valence-electron chi connectivity index (χ0n) is 16.1. The molecule has 0 spiro atoms. The van der Waals surface area contributed by atoms with Gasteiger partial charge in [-0.1, -0.05) is 42.0 Å². The van der Waals surface area contributed by atoms with Crippen LogP contribution in [0.5, 0.6) is 0 Å². The third kappa shape index (κ3) is 3.54. The SMILES string of the molecule is Cc1ccc(-c2cc3c(=O)n(C(C)CO)cnc3c(-c3cccc(F)c3)n2)cc1. The average Bonchev–Trinajstić information content (AvgIpc) is 2.73. The smallest absolute Gasteiger partial charge is 0.261 e. The van der Waals surface area contributed by atoms with Gasteiger partial charge in [-0.15, -0.1) is 0 Å². The van der Waals surface area contributed by atoms with E-state index in [-0.39, 0.29) is 18.0 Å². The zero-order chi connectivity index (χ0) is 20.5. The molecule has 2 aromatic heterocycles. The number of benzene rings is 2. The molecule has 1 N–H and O–H groups in total. The first kappa shape index (κ1) is 19.0. The fourth-order valence-corrected chi connectivity index (χ4v) is 3.25. The lowest BCUT2D eigenvalue weighted by molar-refractivity contribution is 0.236. The van der Waals surface area contributed by atoms with E-state index >= 15 is 0 Å². The number of hydrogen-bond donors (Lipinski definition) is 1. The van der Waals surface area contributed by atoms with Crippen molar-refractivity contribution < 1.29 is 9.50 Å². The molecule has 0 saturated heterocycles. The van der Waals surface area contributed by atoms with Crippen molar-refractivity contribution in [2.24, 2.45) is 0 Å². The van der Waals surface area contributed by atoms with Crippen molar-refractivity contribution in [1.29, 1.82) is 0 Å². The van der Waals surface area contributed by atoms with E-state index in [0.717, 1.165) is 11.1 Å². The van der Waals surface area contributed by atoms with Crippen LogP contribution in [0.1, 0.15) is 18.5 Å². The van der Waals surface area contributed by atoms with Crippen LogP contribution in [0.2, 0.25) is 0 Å². The normalized spacial score (nSPS) is 12.3. The maximum absolute atomic E-state index is 13.9. The van der Waals surface area contributed by atoms with Gasteiger partial charge in [0.05, 0.1) is 35.8 Å². The number of rotatable bonds is 4. The predicted octanol–water partition coefficient (Wildman–Crippen LogP) is 4.13. The molecule has 0 radical (unpaired) electrons. The number of pyridine rings is 1. The van der Waals surface area contributed by atoms with Gasteiger partial charge in [0.15, 0.2) is 0 Å². The van der Waals surface area contributed by atoms with Crippen LogP contribution in [0.25, 0.3) is 33.4 Å². The van der Waals surface area contributed by atoms with Crippen molar-refractivity contribution in [2.75, 3.05) is 6.61 Å². The molecule has 2 aromatic carbocycles.